The molecule has 0 atom stereocenters. The standard InChI is InChI=1S/C18H13ClO2/c19-16-8-6-14(7-9-16)11-17-12-15(18(20)21-17)10-13-4-2-1-3-5-13/h1-10,12H,11H2/b15-10+. The van der Waals surface area contributed by atoms with E-state index in [1.165, 1.54) is 0 Å². The van der Waals surface area contributed by atoms with E-state index in [4.69, 9.17) is 16.3 Å². The predicted molar refractivity (Wildman–Crippen MR) is 83.8 cm³/mol. The van der Waals surface area contributed by atoms with E-state index in [1.54, 1.807) is 6.08 Å². The average Bonchev–Trinajstić information content (AvgIpc) is 2.82. The fourth-order valence-electron chi connectivity index (χ4n) is 2.16. The molecule has 0 saturated heterocycles. The van der Waals surface area contributed by atoms with Gasteiger partial charge in [0.15, 0.2) is 0 Å². The Kier molecular flexibility index (Phi) is 3.89. The van der Waals surface area contributed by atoms with E-state index >= 15 is 0 Å². The highest BCUT2D eigenvalue weighted by atomic mass is 35.5. The quantitative estimate of drug-likeness (QED) is 0.619. The Bertz CT molecular complexity index is 713. The molecular weight excluding hydrogens is 284 g/mol. The van der Waals surface area contributed by atoms with Gasteiger partial charge in [-0.15, -0.1) is 0 Å². The topological polar surface area (TPSA) is 26.3 Å². The third-order valence-electron chi connectivity index (χ3n) is 3.19. The van der Waals surface area contributed by atoms with Crippen molar-refractivity contribution in [3.8, 4) is 0 Å². The van der Waals surface area contributed by atoms with E-state index in [0.717, 1.165) is 11.1 Å². The van der Waals surface area contributed by atoms with Crippen molar-refractivity contribution in [3.63, 3.8) is 0 Å². The molecule has 1 aliphatic heterocycles. The lowest BCUT2D eigenvalue weighted by atomic mass is 10.1. The number of hydrogen-bond acceptors (Lipinski definition) is 2. The molecule has 0 spiro atoms. The maximum absolute atomic E-state index is 11.9. The van der Waals surface area contributed by atoms with Crippen molar-refractivity contribution in [2.75, 3.05) is 0 Å². The molecule has 0 amide bonds. The molecule has 1 heterocycles. The minimum absolute atomic E-state index is 0.303. The molecule has 0 bridgehead atoms. The first-order valence-electron chi connectivity index (χ1n) is 6.65. The lowest BCUT2D eigenvalue weighted by Gasteiger charge is -2.02. The van der Waals surface area contributed by atoms with Gasteiger partial charge in [-0.1, -0.05) is 54.1 Å². The maximum atomic E-state index is 11.9. The molecule has 2 aromatic rings. The first-order valence-corrected chi connectivity index (χ1v) is 7.02. The smallest absolute Gasteiger partial charge is 0.343 e. The number of cyclic esters (lactones) is 1. The minimum atomic E-state index is -0.303. The second-order valence-electron chi connectivity index (χ2n) is 4.81. The summed E-state index contributed by atoms with van der Waals surface area (Å²) in [5.74, 6) is 0.354. The Balaban J connectivity index is 1.79. The zero-order valence-electron chi connectivity index (χ0n) is 11.3. The van der Waals surface area contributed by atoms with Crippen molar-refractivity contribution in [1.29, 1.82) is 0 Å². The van der Waals surface area contributed by atoms with Crippen LogP contribution in [0.15, 0.2) is 72.0 Å². The van der Waals surface area contributed by atoms with Gasteiger partial charge in [-0.3, -0.25) is 0 Å². The lowest BCUT2D eigenvalue weighted by molar-refractivity contribution is -0.133. The first kappa shape index (κ1) is 13.7. The van der Waals surface area contributed by atoms with Gasteiger partial charge in [0, 0.05) is 11.4 Å². The van der Waals surface area contributed by atoms with E-state index in [9.17, 15) is 4.79 Å². The van der Waals surface area contributed by atoms with Gasteiger partial charge in [0.25, 0.3) is 0 Å². The Morgan fingerprint density at radius 1 is 1.00 bits per heavy atom. The Morgan fingerprint density at radius 2 is 1.71 bits per heavy atom. The normalized spacial score (nSPS) is 16.0. The van der Waals surface area contributed by atoms with E-state index in [2.05, 4.69) is 0 Å². The molecule has 0 saturated carbocycles. The highest BCUT2D eigenvalue weighted by molar-refractivity contribution is 6.30. The molecule has 3 rings (SSSR count). The van der Waals surface area contributed by atoms with Crippen LogP contribution in [-0.4, -0.2) is 5.97 Å². The zero-order chi connectivity index (χ0) is 14.7. The third-order valence-corrected chi connectivity index (χ3v) is 3.44. The average molecular weight is 297 g/mol. The maximum Gasteiger partial charge on any atom is 0.343 e. The van der Waals surface area contributed by atoms with Gasteiger partial charge in [-0.2, -0.15) is 0 Å². The molecule has 104 valence electrons. The van der Waals surface area contributed by atoms with Crippen LogP contribution < -0.4 is 0 Å². The van der Waals surface area contributed by atoms with E-state index in [-0.39, 0.29) is 5.97 Å². The van der Waals surface area contributed by atoms with E-state index in [0.29, 0.717) is 22.8 Å². The second kappa shape index (κ2) is 5.98. The fourth-order valence-corrected chi connectivity index (χ4v) is 2.29. The van der Waals surface area contributed by atoms with Gasteiger partial charge in [0.2, 0.25) is 0 Å². The molecule has 0 fully saturated rings. The number of esters is 1. The Hall–Kier alpha value is -2.32. The van der Waals surface area contributed by atoms with Crippen LogP contribution in [0.5, 0.6) is 0 Å². The predicted octanol–water partition coefficient (Wildman–Crippen LogP) is 4.41. The summed E-state index contributed by atoms with van der Waals surface area (Å²) in [6, 6.07) is 17.2. The lowest BCUT2D eigenvalue weighted by Crippen LogP contribution is -1.98. The van der Waals surface area contributed by atoms with Gasteiger partial charge in [-0.25, -0.2) is 4.79 Å². The molecule has 2 nitrogen and oxygen atoms in total. The summed E-state index contributed by atoms with van der Waals surface area (Å²) in [4.78, 5) is 11.9. The third kappa shape index (κ3) is 3.41. The summed E-state index contributed by atoms with van der Waals surface area (Å²) in [7, 11) is 0. The molecule has 21 heavy (non-hydrogen) atoms. The van der Waals surface area contributed by atoms with Gasteiger partial charge in [0.1, 0.15) is 5.76 Å². The van der Waals surface area contributed by atoms with Crippen LogP contribution in [0.4, 0.5) is 0 Å². The summed E-state index contributed by atoms with van der Waals surface area (Å²) in [5, 5.41) is 0.695. The zero-order valence-corrected chi connectivity index (χ0v) is 12.0. The largest absolute Gasteiger partial charge is 0.427 e. The highest BCUT2D eigenvalue weighted by Crippen LogP contribution is 2.23. The molecule has 0 radical (unpaired) electrons. The number of allylic oxidation sites excluding steroid dienone is 1. The SMILES string of the molecule is O=C1OC(Cc2ccc(Cl)cc2)=C/C1=C\c1ccccc1. The molecule has 3 heteroatoms. The van der Waals surface area contributed by atoms with Crippen LogP contribution in [0.1, 0.15) is 11.1 Å². The summed E-state index contributed by atoms with van der Waals surface area (Å²) < 4.78 is 5.30. The summed E-state index contributed by atoms with van der Waals surface area (Å²) in [5.41, 5.74) is 2.61. The number of carbonyl (C=O) groups excluding carboxylic acids is 1. The van der Waals surface area contributed by atoms with Crippen LogP contribution in [-0.2, 0) is 16.0 Å². The van der Waals surface area contributed by atoms with Crippen LogP contribution in [0.25, 0.3) is 6.08 Å². The van der Waals surface area contributed by atoms with Crippen molar-refractivity contribution in [1.82, 2.24) is 0 Å². The number of benzene rings is 2. The number of halogens is 1. The number of carbonyl (C=O) groups is 1. The van der Waals surface area contributed by atoms with Crippen molar-refractivity contribution >= 4 is 23.6 Å². The monoisotopic (exact) mass is 296 g/mol. The fraction of sp³-hybridized carbons (Fsp3) is 0.0556. The molecular formula is C18H13ClO2. The minimum Gasteiger partial charge on any atom is -0.427 e. The van der Waals surface area contributed by atoms with Crippen molar-refractivity contribution < 1.29 is 9.53 Å². The summed E-state index contributed by atoms with van der Waals surface area (Å²) >= 11 is 5.86. The molecule has 1 aliphatic rings. The number of rotatable bonds is 3. The Labute approximate surface area is 128 Å². The van der Waals surface area contributed by atoms with Gasteiger partial charge < -0.3 is 4.74 Å². The van der Waals surface area contributed by atoms with Crippen LogP contribution >= 0.6 is 11.6 Å². The molecule has 0 N–H and O–H groups in total. The molecule has 2 aromatic carbocycles. The van der Waals surface area contributed by atoms with Crippen molar-refractivity contribution in [2.45, 2.75) is 6.42 Å². The van der Waals surface area contributed by atoms with E-state index < -0.39 is 0 Å². The van der Waals surface area contributed by atoms with Gasteiger partial charge in [-0.05, 0) is 35.4 Å². The van der Waals surface area contributed by atoms with Gasteiger partial charge >= 0.3 is 5.97 Å². The Morgan fingerprint density at radius 3 is 2.43 bits per heavy atom. The summed E-state index contributed by atoms with van der Waals surface area (Å²) in [6.07, 6.45) is 4.20. The van der Waals surface area contributed by atoms with Crippen molar-refractivity contribution in [2.24, 2.45) is 0 Å². The van der Waals surface area contributed by atoms with Crippen LogP contribution in [0.2, 0.25) is 5.02 Å². The summed E-state index contributed by atoms with van der Waals surface area (Å²) in [6.45, 7) is 0. The second-order valence-corrected chi connectivity index (χ2v) is 5.25. The molecule has 0 unspecified atom stereocenters. The molecule has 0 aromatic heterocycles. The molecule has 0 aliphatic carbocycles. The number of ether oxygens (including phenoxy) is 1. The highest BCUT2D eigenvalue weighted by Gasteiger charge is 2.20. The number of hydrogen-bond donors (Lipinski definition) is 0. The van der Waals surface area contributed by atoms with E-state index in [1.807, 2.05) is 60.7 Å². The first-order chi connectivity index (χ1) is 10.2. The van der Waals surface area contributed by atoms with Crippen molar-refractivity contribution in [3.05, 3.63) is 88.2 Å². The van der Waals surface area contributed by atoms with Crippen LogP contribution in [0, 0.1) is 0 Å². The van der Waals surface area contributed by atoms with Gasteiger partial charge in [0.05, 0.1) is 5.57 Å². The van der Waals surface area contributed by atoms with Crippen LogP contribution in [0.3, 0.4) is 0 Å².